The number of aryl methyl sites for hydroxylation is 1. The van der Waals surface area contributed by atoms with E-state index < -0.39 is 11.6 Å². The fourth-order valence-corrected chi connectivity index (χ4v) is 1.61. The minimum atomic E-state index is -1.12. The predicted molar refractivity (Wildman–Crippen MR) is 67.0 cm³/mol. The summed E-state index contributed by atoms with van der Waals surface area (Å²) in [6, 6.07) is 7.09. The maximum absolute atomic E-state index is 13.6. The number of halogens is 3. The van der Waals surface area contributed by atoms with Crippen LogP contribution < -0.4 is 10.5 Å². The molecule has 0 aliphatic heterocycles. The van der Waals surface area contributed by atoms with E-state index >= 15 is 0 Å². The number of ether oxygens (including phenoxy) is 1. The molecule has 0 saturated heterocycles. The molecular weight excluding hydrogens is 260 g/mol. The highest BCUT2D eigenvalue weighted by Crippen LogP contribution is 2.34. The topological polar surface area (TPSA) is 35.2 Å². The number of anilines is 1. The maximum Gasteiger partial charge on any atom is 0.203 e. The summed E-state index contributed by atoms with van der Waals surface area (Å²) in [7, 11) is 0. The second kappa shape index (κ2) is 4.82. The summed E-state index contributed by atoms with van der Waals surface area (Å²) >= 11 is 5.81. The van der Waals surface area contributed by atoms with Gasteiger partial charge in [0.25, 0.3) is 0 Å². The first-order valence-corrected chi connectivity index (χ1v) is 5.54. The van der Waals surface area contributed by atoms with Gasteiger partial charge in [-0.15, -0.1) is 0 Å². The fourth-order valence-electron chi connectivity index (χ4n) is 1.44. The molecule has 0 fully saturated rings. The van der Waals surface area contributed by atoms with E-state index in [0.717, 1.165) is 11.6 Å². The van der Waals surface area contributed by atoms with E-state index in [0.29, 0.717) is 10.8 Å². The summed E-state index contributed by atoms with van der Waals surface area (Å²) in [5, 5.41) is 0.436. The zero-order valence-electron chi connectivity index (χ0n) is 9.51. The molecule has 0 radical (unpaired) electrons. The molecule has 0 saturated carbocycles. The lowest BCUT2D eigenvalue weighted by atomic mass is 10.2. The van der Waals surface area contributed by atoms with Crippen LogP contribution in [0.4, 0.5) is 14.5 Å². The van der Waals surface area contributed by atoms with Crippen molar-refractivity contribution in [1.29, 1.82) is 0 Å². The highest BCUT2D eigenvalue weighted by atomic mass is 35.5. The zero-order valence-corrected chi connectivity index (χ0v) is 10.3. The zero-order chi connectivity index (χ0) is 13.3. The summed E-state index contributed by atoms with van der Waals surface area (Å²) in [6.07, 6.45) is 0. The van der Waals surface area contributed by atoms with Crippen LogP contribution in [0.1, 0.15) is 5.56 Å². The van der Waals surface area contributed by atoms with E-state index in [1.807, 2.05) is 0 Å². The van der Waals surface area contributed by atoms with Crippen molar-refractivity contribution in [2.45, 2.75) is 6.92 Å². The van der Waals surface area contributed by atoms with Crippen LogP contribution in [-0.4, -0.2) is 0 Å². The summed E-state index contributed by atoms with van der Waals surface area (Å²) < 4.78 is 32.0. The Kier molecular flexibility index (Phi) is 3.39. The molecule has 2 nitrogen and oxygen atoms in total. The summed E-state index contributed by atoms with van der Waals surface area (Å²) in [5.74, 6) is -2.13. The van der Waals surface area contributed by atoms with Gasteiger partial charge in [0.1, 0.15) is 5.75 Å². The van der Waals surface area contributed by atoms with Crippen molar-refractivity contribution in [3.05, 3.63) is 52.6 Å². The van der Waals surface area contributed by atoms with Gasteiger partial charge in [-0.2, -0.15) is 4.39 Å². The third-order valence-corrected chi connectivity index (χ3v) is 2.68. The fraction of sp³-hybridized carbons (Fsp3) is 0.0769. The lowest BCUT2D eigenvalue weighted by Gasteiger charge is -2.12. The molecule has 0 heterocycles. The van der Waals surface area contributed by atoms with Crippen LogP contribution in [0.25, 0.3) is 0 Å². The molecule has 0 spiro atoms. The van der Waals surface area contributed by atoms with Crippen LogP contribution in [-0.2, 0) is 0 Å². The number of benzene rings is 2. The van der Waals surface area contributed by atoms with Gasteiger partial charge in [0.2, 0.25) is 5.82 Å². The van der Waals surface area contributed by atoms with Crippen LogP contribution >= 0.6 is 11.6 Å². The van der Waals surface area contributed by atoms with Crippen molar-refractivity contribution in [2.24, 2.45) is 0 Å². The van der Waals surface area contributed by atoms with E-state index in [9.17, 15) is 8.78 Å². The van der Waals surface area contributed by atoms with Crippen LogP contribution in [0, 0.1) is 18.6 Å². The molecule has 94 valence electrons. The predicted octanol–water partition coefficient (Wildman–Crippen LogP) is 4.30. The van der Waals surface area contributed by atoms with E-state index in [4.69, 9.17) is 22.1 Å². The molecule has 2 rings (SSSR count). The van der Waals surface area contributed by atoms with Crippen LogP contribution in [0.2, 0.25) is 5.02 Å². The Balaban J connectivity index is 2.46. The van der Waals surface area contributed by atoms with Crippen molar-refractivity contribution in [3.8, 4) is 11.5 Å². The SMILES string of the molecule is Cc1ccc(Cl)cc1Oc1c(N)ccc(F)c1F. The summed E-state index contributed by atoms with van der Waals surface area (Å²) in [5.41, 5.74) is 6.32. The Hall–Kier alpha value is -1.81. The average Bonchev–Trinajstić information content (AvgIpc) is 2.34. The molecule has 0 aliphatic rings. The molecule has 0 atom stereocenters. The Bertz CT molecular complexity index is 602. The number of nitrogen functional groups attached to an aromatic ring is 1. The molecule has 2 aromatic rings. The molecule has 0 unspecified atom stereocenters. The lowest BCUT2D eigenvalue weighted by molar-refractivity contribution is 0.416. The van der Waals surface area contributed by atoms with Crippen molar-refractivity contribution >= 4 is 17.3 Å². The first-order valence-electron chi connectivity index (χ1n) is 5.16. The highest BCUT2D eigenvalue weighted by molar-refractivity contribution is 6.30. The molecule has 18 heavy (non-hydrogen) atoms. The number of rotatable bonds is 2. The Morgan fingerprint density at radius 2 is 1.89 bits per heavy atom. The first-order chi connectivity index (χ1) is 8.49. The first kappa shape index (κ1) is 12.6. The Morgan fingerprint density at radius 1 is 1.17 bits per heavy atom. The maximum atomic E-state index is 13.6. The summed E-state index contributed by atoms with van der Waals surface area (Å²) in [6.45, 7) is 1.76. The summed E-state index contributed by atoms with van der Waals surface area (Å²) in [4.78, 5) is 0. The lowest BCUT2D eigenvalue weighted by Crippen LogP contribution is -1.98. The molecule has 2 N–H and O–H groups in total. The highest BCUT2D eigenvalue weighted by Gasteiger charge is 2.15. The average molecular weight is 270 g/mol. The van der Waals surface area contributed by atoms with Gasteiger partial charge in [-0.05, 0) is 36.8 Å². The van der Waals surface area contributed by atoms with Crippen molar-refractivity contribution < 1.29 is 13.5 Å². The van der Waals surface area contributed by atoms with Crippen molar-refractivity contribution in [1.82, 2.24) is 0 Å². The van der Waals surface area contributed by atoms with Crippen molar-refractivity contribution in [2.75, 3.05) is 5.73 Å². The van der Waals surface area contributed by atoms with E-state index in [1.54, 1.807) is 19.1 Å². The standard InChI is InChI=1S/C13H10ClF2NO/c1-7-2-3-8(14)6-11(7)18-13-10(17)5-4-9(15)12(13)16/h2-6H,17H2,1H3. The molecule has 0 bridgehead atoms. The molecule has 2 aromatic carbocycles. The van der Waals surface area contributed by atoms with Crippen LogP contribution in [0.15, 0.2) is 30.3 Å². The van der Waals surface area contributed by atoms with Gasteiger partial charge in [-0.1, -0.05) is 17.7 Å². The minimum Gasteiger partial charge on any atom is -0.452 e. The third kappa shape index (κ3) is 2.38. The minimum absolute atomic E-state index is 0.0216. The second-order valence-corrected chi connectivity index (χ2v) is 4.23. The number of hydrogen-bond acceptors (Lipinski definition) is 2. The molecule has 0 amide bonds. The van der Waals surface area contributed by atoms with E-state index in [-0.39, 0.29) is 11.4 Å². The second-order valence-electron chi connectivity index (χ2n) is 3.79. The van der Waals surface area contributed by atoms with Gasteiger partial charge in [0.05, 0.1) is 5.69 Å². The number of nitrogens with two attached hydrogens (primary N) is 1. The van der Waals surface area contributed by atoms with Gasteiger partial charge in [0, 0.05) is 5.02 Å². The Labute approximate surface area is 108 Å². The van der Waals surface area contributed by atoms with E-state index in [2.05, 4.69) is 0 Å². The van der Waals surface area contributed by atoms with Gasteiger partial charge >= 0.3 is 0 Å². The van der Waals surface area contributed by atoms with Crippen LogP contribution in [0.3, 0.4) is 0 Å². The molecule has 5 heteroatoms. The van der Waals surface area contributed by atoms with Gasteiger partial charge in [-0.25, -0.2) is 4.39 Å². The van der Waals surface area contributed by atoms with Gasteiger partial charge < -0.3 is 10.5 Å². The molecule has 0 aliphatic carbocycles. The van der Waals surface area contributed by atoms with Gasteiger partial charge in [-0.3, -0.25) is 0 Å². The van der Waals surface area contributed by atoms with Crippen LogP contribution in [0.5, 0.6) is 11.5 Å². The largest absolute Gasteiger partial charge is 0.452 e. The number of hydrogen-bond donors (Lipinski definition) is 1. The monoisotopic (exact) mass is 269 g/mol. The van der Waals surface area contributed by atoms with Gasteiger partial charge in [0.15, 0.2) is 11.6 Å². The Morgan fingerprint density at radius 3 is 2.61 bits per heavy atom. The normalized spacial score (nSPS) is 10.4. The molecular formula is C13H10ClF2NO. The van der Waals surface area contributed by atoms with E-state index in [1.165, 1.54) is 12.1 Å². The quantitative estimate of drug-likeness (QED) is 0.825. The molecule has 0 aromatic heterocycles. The third-order valence-electron chi connectivity index (χ3n) is 2.44. The smallest absolute Gasteiger partial charge is 0.203 e. The van der Waals surface area contributed by atoms with Crippen molar-refractivity contribution in [3.63, 3.8) is 0 Å².